The standard InChI is InChI=1S/C16H26O3S/c1-13(2)14-11-9-7-5-6-8-10-12-15(14)16(3,4)20(17,18)19/h7-10,15H,5-6,11-12H2,1-4H3,(H,17,18,19). The highest BCUT2D eigenvalue weighted by Gasteiger charge is 2.42. The van der Waals surface area contributed by atoms with E-state index in [9.17, 15) is 13.0 Å². The van der Waals surface area contributed by atoms with Crippen LogP contribution in [0.1, 0.15) is 53.4 Å². The maximum Gasteiger partial charge on any atom is 0.270 e. The Labute approximate surface area is 123 Å². The van der Waals surface area contributed by atoms with Crippen LogP contribution in [0.4, 0.5) is 0 Å². The van der Waals surface area contributed by atoms with Gasteiger partial charge in [-0.25, -0.2) is 0 Å². The minimum Gasteiger partial charge on any atom is -0.285 e. The predicted octanol–water partition coefficient (Wildman–Crippen LogP) is 4.29. The number of hydrogen-bond donors (Lipinski definition) is 1. The third-order valence-corrected chi connectivity index (χ3v) is 5.72. The van der Waals surface area contributed by atoms with Gasteiger partial charge in [-0.05, 0) is 53.4 Å². The van der Waals surface area contributed by atoms with Crippen LogP contribution < -0.4 is 0 Å². The van der Waals surface area contributed by atoms with Gasteiger partial charge in [0.2, 0.25) is 0 Å². The third kappa shape index (κ3) is 4.06. The van der Waals surface area contributed by atoms with E-state index in [0.29, 0.717) is 6.42 Å². The normalized spacial score (nSPS) is 21.9. The second-order valence-electron chi connectivity index (χ2n) is 6.12. The van der Waals surface area contributed by atoms with E-state index in [2.05, 4.69) is 18.2 Å². The highest BCUT2D eigenvalue weighted by atomic mass is 32.2. The summed E-state index contributed by atoms with van der Waals surface area (Å²) < 4.78 is 31.9. The van der Waals surface area contributed by atoms with Gasteiger partial charge in [-0.2, -0.15) is 8.42 Å². The molecule has 20 heavy (non-hydrogen) atoms. The fraction of sp³-hybridized carbons (Fsp3) is 0.625. The van der Waals surface area contributed by atoms with Gasteiger partial charge >= 0.3 is 0 Å². The second-order valence-corrected chi connectivity index (χ2v) is 8.12. The Hall–Kier alpha value is -0.870. The smallest absolute Gasteiger partial charge is 0.270 e. The van der Waals surface area contributed by atoms with Crippen LogP contribution in [0.2, 0.25) is 0 Å². The van der Waals surface area contributed by atoms with Crippen LogP contribution in [0.25, 0.3) is 0 Å². The lowest BCUT2D eigenvalue weighted by molar-refractivity contribution is 0.385. The molecule has 0 spiro atoms. The minimum atomic E-state index is -4.11. The molecule has 1 aliphatic carbocycles. The molecule has 4 heteroatoms. The molecule has 3 nitrogen and oxygen atoms in total. The SMILES string of the molecule is CC(C)=C1CC=CCCC=CCC1C(C)(C)S(=O)(=O)O. The summed E-state index contributed by atoms with van der Waals surface area (Å²) in [4.78, 5) is 0. The Morgan fingerprint density at radius 2 is 1.70 bits per heavy atom. The van der Waals surface area contributed by atoms with Gasteiger partial charge < -0.3 is 0 Å². The molecular weight excluding hydrogens is 272 g/mol. The van der Waals surface area contributed by atoms with Crippen molar-refractivity contribution in [2.45, 2.75) is 58.1 Å². The summed E-state index contributed by atoms with van der Waals surface area (Å²) in [5.74, 6) is -0.207. The molecule has 0 amide bonds. The molecule has 0 aliphatic heterocycles. The van der Waals surface area contributed by atoms with Crippen molar-refractivity contribution in [3.8, 4) is 0 Å². The van der Waals surface area contributed by atoms with Crippen LogP contribution in [0.3, 0.4) is 0 Å². The van der Waals surface area contributed by atoms with Crippen LogP contribution in [-0.2, 0) is 10.1 Å². The Balaban J connectivity index is 3.29. The lowest BCUT2D eigenvalue weighted by Gasteiger charge is -2.33. The zero-order valence-electron chi connectivity index (χ0n) is 12.9. The third-order valence-electron chi connectivity index (χ3n) is 4.11. The molecular formula is C16H26O3S. The molecule has 0 radical (unpaired) electrons. The Morgan fingerprint density at radius 3 is 2.20 bits per heavy atom. The number of hydrogen-bond acceptors (Lipinski definition) is 2. The molecule has 0 bridgehead atoms. The predicted molar refractivity (Wildman–Crippen MR) is 84.2 cm³/mol. The van der Waals surface area contributed by atoms with Gasteiger partial charge in [0, 0.05) is 5.92 Å². The van der Waals surface area contributed by atoms with Crippen LogP contribution in [-0.4, -0.2) is 17.7 Å². The molecule has 0 fully saturated rings. The molecule has 0 heterocycles. The summed E-state index contributed by atoms with van der Waals surface area (Å²) in [6.45, 7) is 7.23. The van der Waals surface area contributed by atoms with E-state index in [1.165, 1.54) is 0 Å². The van der Waals surface area contributed by atoms with Crippen LogP contribution in [0.5, 0.6) is 0 Å². The van der Waals surface area contributed by atoms with Crippen molar-refractivity contribution in [2.24, 2.45) is 5.92 Å². The van der Waals surface area contributed by atoms with E-state index < -0.39 is 14.9 Å². The van der Waals surface area contributed by atoms with E-state index >= 15 is 0 Å². The maximum atomic E-state index is 11.8. The molecule has 1 N–H and O–H groups in total. The highest BCUT2D eigenvalue weighted by molar-refractivity contribution is 7.87. The molecule has 0 aromatic heterocycles. The average molecular weight is 298 g/mol. The van der Waals surface area contributed by atoms with E-state index in [4.69, 9.17) is 0 Å². The van der Waals surface area contributed by atoms with E-state index in [1.54, 1.807) is 13.8 Å². The monoisotopic (exact) mass is 298 g/mol. The molecule has 0 saturated heterocycles. The summed E-state index contributed by atoms with van der Waals surface area (Å²) in [7, 11) is -4.11. The van der Waals surface area contributed by atoms with Gasteiger partial charge in [0.25, 0.3) is 10.1 Å². The van der Waals surface area contributed by atoms with Crippen LogP contribution in [0.15, 0.2) is 35.5 Å². The number of allylic oxidation sites excluding steroid dienone is 6. The second kappa shape index (κ2) is 6.72. The Bertz CT molecular complexity index is 518. The molecule has 114 valence electrons. The van der Waals surface area contributed by atoms with Gasteiger partial charge in [-0.1, -0.05) is 35.5 Å². The molecule has 1 atom stereocenters. The molecule has 1 aliphatic rings. The van der Waals surface area contributed by atoms with E-state index in [1.807, 2.05) is 19.9 Å². The lowest BCUT2D eigenvalue weighted by atomic mass is 9.80. The van der Waals surface area contributed by atoms with Crippen molar-refractivity contribution in [1.29, 1.82) is 0 Å². The van der Waals surface area contributed by atoms with Gasteiger partial charge in [0.1, 0.15) is 0 Å². The topological polar surface area (TPSA) is 54.4 Å². The van der Waals surface area contributed by atoms with E-state index in [0.717, 1.165) is 30.4 Å². The molecule has 0 aromatic rings. The van der Waals surface area contributed by atoms with Gasteiger partial charge in [-0.3, -0.25) is 4.55 Å². The van der Waals surface area contributed by atoms with Gasteiger partial charge in [0.05, 0.1) is 4.75 Å². The quantitative estimate of drug-likeness (QED) is 0.611. The van der Waals surface area contributed by atoms with Crippen molar-refractivity contribution < 1.29 is 13.0 Å². The fourth-order valence-corrected chi connectivity index (χ4v) is 3.19. The summed E-state index contributed by atoms with van der Waals surface area (Å²) >= 11 is 0. The molecule has 1 rings (SSSR count). The van der Waals surface area contributed by atoms with Gasteiger partial charge in [0.15, 0.2) is 0 Å². The summed E-state index contributed by atoms with van der Waals surface area (Å²) in [6.07, 6.45) is 11.7. The first-order chi connectivity index (χ1) is 9.18. The Morgan fingerprint density at radius 1 is 1.15 bits per heavy atom. The molecule has 0 aromatic carbocycles. The highest BCUT2D eigenvalue weighted by Crippen LogP contribution is 2.37. The summed E-state index contributed by atoms with van der Waals surface area (Å²) in [6, 6.07) is 0. The van der Waals surface area contributed by atoms with Crippen molar-refractivity contribution in [3.63, 3.8) is 0 Å². The minimum absolute atomic E-state index is 0.207. The first-order valence-corrected chi connectivity index (χ1v) is 8.55. The first-order valence-electron chi connectivity index (χ1n) is 7.11. The van der Waals surface area contributed by atoms with Crippen LogP contribution >= 0.6 is 0 Å². The van der Waals surface area contributed by atoms with E-state index in [-0.39, 0.29) is 5.92 Å². The molecule has 0 saturated carbocycles. The van der Waals surface area contributed by atoms with Crippen molar-refractivity contribution in [2.75, 3.05) is 0 Å². The lowest BCUT2D eigenvalue weighted by Crippen LogP contribution is -2.40. The molecule has 1 unspecified atom stereocenters. The fourth-order valence-electron chi connectivity index (χ4n) is 2.59. The summed E-state index contributed by atoms with van der Waals surface area (Å²) in [5.41, 5.74) is 2.24. The zero-order valence-corrected chi connectivity index (χ0v) is 13.7. The summed E-state index contributed by atoms with van der Waals surface area (Å²) in [5, 5.41) is 0. The first kappa shape index (κ1) is 17.2. The largest absolute Gasteiger partial charge is 0.285 e. The maximum absolute atomic E-state index is 11.8. The average Bonchev–Trinajstić information content (AvgIpc) is 2.33. The zero-order chi connectivity index (χ0) is 15.4. The number of rotatable bonds is 2. The van der Waals surface area contributed by atoms with Gasteiger partial charge in [-0.15, -0.1) is 0 Å². The van der Waals surface area contributed by atoms with Crippen molar-refractivity contribution in [1.82, 2.24) is 0 Å². The van der Waals surface area contributed by atoms with Crippen molar-refractivity contribution >= 4 is 10.1 Å². The Kier molecular flexibility index (Phi) is 5.78. The van der Waals surface area contributed by atoms with Crippen molar-refractivity contribution in [3.05, 3.63) is 35.5 Å². The van der Waals surface area contributed by atoms with Crippen LogP contribution in [0, 0.1) is 5.92 Å².